The van der Waals surface area contributed by atoms with Crippen molar-refractivity contribution in [2.24, 2.45) is 0 Å². The third-order valence-corrected chi connectivity index (χ3v) is 2.55. The van der Waals surface area contributed by atoms with Crippen LogP contribution >= 0.6 is 0 Å². The van der Waals surface area contributed by atoms with E-state index in [4.69, 9.17) is 9.84 Å². The molecule has 0 amide bonds. The van der Waals surface area contributed by atoms with Crippen LogP contribution in [0.1, 0.15) is 24.8 Å². The van der Waals surface area contributed by atoms with Gasteiger partial charge in [0.1, 0.15) is 5.78 Å². The lowest BCUT2D eigenvalue weighted by molar-refractivity contribution is -0.138. The van der Waals surface area contributed by atoms with E-state index in [0.717, 1.165) is 5.56 Å². The molecule has 0 aliphatic rings. The highest BCUT2D eigenvalue weighted by Gasteiger charge is 2.07. The Balaban J connectivity index is 2.48. The minimum Gasteiger partial charge on any atom is -0.504 e. The third-order valence-electron chi connectivity index (χ3n) is 2.55. The summed E-state index contributed by atoms with van der Waals surface area (Å²) < 4.78 is 4.96. The van der Waals surface area contributed by atoms with E-state index in [9.17, 15) is 14.7 Å². The molecule has 0 heterocycles. The van der Waals surface area contributed by atoms with Crippen LogP contribution in [0.3, 0.4) is 0 Å². The molecule has 0 aromatic heterocycles. The molecular weight excluding hydrogens is 236 g/mol. The molecule has 2 N–H and O–H groups in total. The first kappa shape index (κ1) is 14.0. The zero-order chi connectivity index (χ0) is 13.5. The van der Waals surface area contributed by atoms with Crippen molar-refractivity contribution in [1.82, 2.24) is 0 Å². The predicted molar refractivity (Wildman–Crippen MR) is 64.9 cm³/mol. The highest BCUT2D eigenvalue weighted by molar-refractivity contribution is 5.82. The van der Waals surface area contributed by atoms with Gasteiger partial charge in [0.15, 0.2) is 11.5 Å². The molecule has 0 bridgehead atoms. The van der Waals surface area contributed by atoms with E-state index in [2.05, 4.69) is 0 Å². The first-order valence-corrected chi connectivity index (χ1v) is 5.62. The second-order valence-electron chi connectivity index (χ2n) is 3.94. The molecule has 0 atom stereocenters. The van der Waals surface area contributed by atoms with Gasteiger partial charge in [-0.1, -0.05) is 6.07 Å². The topological polar surface area (TPSA) is 83.8 Å². The van der Waals surface area contributed by atoms with Crippen LogP contribution in [0.2, 0.25) is 0 Å². The standard InChI is InChI=1S/C13H16O5/c1-18-12-8-9(3-6-11(12)15)2-4-10(14)5-7-13(16)17/h3,6,8,15H,2,4-5,7H2,1H3,(H,16,17). The highest BCUT2D eigenvalue weighted by atomic mass is 16.5. The molecule has 98 valence electrons. The van der Waals surface area contributed by atoms with Crippen molar-refractivity contribution in [3.63, 3.8) is 0 Å². The van der Waals surface area contributed by atoms with Crippen LogP contribution in [0.15, 0.2) is 18.2 Å². The average molecular weight is 252 g/mol. The zero-order valence-electron chi connectivity index (χ0n) is 10.2. The molecule has 0 saturated carbocycles. The van der Waals surface area contributed by atoms with Gasteiger partial charge in [0, 0.05) is 12.8 Å². The van der Waals surface area contributed by atoms with Gasteiger partial charge in [-0.25, -0.2) is 0 Å². The van der Waals surface area contributed by atoms with Gasteiger partial charge in [0.25, 0.3) is 0 Å². The number of ether oxygens (including phenoxy) is 1. The number of carbonyl (C=O) groups is 2. The van der Waals surface area contributed by atoms with Crippen molar-refractivity contribution in [3.8, 4) is 11.5 Å². The van der Waals surface area contributed by atoms with Gasteiger partial charge >= 0.3 is 5.97 Å². The average Bonchev–Trinajstić information content (AvgIpc) is 2.35. The van der Waals surface area contributed by atoms with E-state index in [0.29, 0.717) is 18.6 Å². The van der Waals surface area contributed by atoms with E-state index in [1.54, 1.807) is 12.1 Å². The van der Waals surface area contributed by atoms with Crippen LogP contribution in [-0.4, -0.2) is 29.1 Å². The number of ketones is 1. The number of phenolic OH excluding ortho intramolecular Hbond substituents is 1. The van der Waals surface area contributed by atoms with Crippen molar-refractivity contribution < 1.29 is 24.5 Å². The van der Waals surface area contributed by atoms with Crippen molar-refractivity contribution in [3.05, 3.63) is 23.8 Å². The number of carboxylic acids is 1. The van der Waals surface area contributed by atoms with Crippen molar-refractivity contribution in [2.45, 2.75) is 25.7 Å². The number of rotatable bonds is 7. The first-order chi connectivity index (χ1) is 8.52. The molecule has 0 aliphatic heterocycles. The van der Waals surface area contributed by atoms with E-state index in [-0.39, 0.29) is 24.4 Å². The van der Waals surface area contributed by atoms with Crippen LogP contribution in [-0.2, 0) is 16.0 Å². The molecule has 0 saturated heterocycles. The van der Waals surface area contributed by atoms with Crippen molar-refractivity contribution in [1.29, 1.82) is 0 Å². The maximum atomic E-state index is 11.4. The van der Waals surface area contributed by atoms with Crippen molar-refractivity contribution >= 4 is 11.8 Å². The van der Waals surface area contributed by atoms with E-state index in [1.165, 1.54) is 13.2 Å². The summed E-state index contributed by atoms with van der Waals surface area (Å²) in [5.74, 6) is -0.622. The number of methoxy groups -OCH3 is 1. The summed E-state index contributed by atoms with van der Waals surface area (Å²) in [5.41, 5.74) is 0.869. The van der Waals surface area contributed by atoms with Gasteiger partial charge < -0.3 is 14.9 Å². The monoisotopic (exact) mass is 252 g/mol. The number of carbonyl (C=O) groups excluding carboxylic acids is 1. The van der Waals surface area contributed by atoms with Gasteiger partial charge in [-0.2, -0.15) is 0 Å². The molecule has 18 heavy (non-hydrogen) atoms. The number of hydrogen-bond acceptors (Lipinski definition) is 4. The highest BCUT2D eigenvalue weighted by Crippen LogP contribution is 2.26. The molecule has 0 unspecified atom stereocenters. The van der Waals surface area contributed by atoms with Crippen LogP contribution in [0.25, 0.3) is 0 Å². The first-order valence-electron chi connectivity index (χ1n) is 5.62. The fraction of sp³-hybridized carbons (Fsp3) is 0.385. The molecule has 5 heteroatoms. The molecule has 0 fully saturated rings. The minimum absolute atomic E-state index is 0.0541. The lowest BCUT2D eigenvalue weighted by atomic mass is 10.0. The lowest BCUT2D eigenvalue weighted by Gasteiger charge is -2.06. The number of phenols is 1. The van der Waals surface area contributed by atoms with Gasteiger partial charge in [-0.3, -0.25) is 9.59 Å². The van der Waals surface area contributed by atoms with E-state index >= 15 is 0 Å². The Bertz CT molecular complexity index is 439. The maximum Gasteiger partial charge on any atom is 0.303 e. The number of benzene rings is 1. The van der Waals surface area contributed by atoms with Crippen molar-refractivity contribution in [2.75, 3.05) is 7.11 Å². The van der Waals surface area contributed by atoms with Crippen LogP contribution in [0.5, 0.6) is 11.5 Å². The summed E-state index contributed by atoms with van der Waals surface area (Å²) in [4.78, 5) is 21.7. The number of aryl methyl sites for hydroxylation is 1. The predicted octanol–water partition coefficient (Wildman–Crippen LogP) is 1.77. The van der Waals surface area contributed by atoms with Gasteiger partial charge in [0.2, 0.25) is 0 Å². The van der Waals surface area contributed by atoms with Gasteiger partial charge in [-0.05, 0) is 24.1 Å². The summed E-state index contributed by atoms with van der Waals surface area (Å²) in [6.45, 7) is 0. The van der Waals surface area contributed by atoms with E-state index < -0.39 is 5.97 Å². The fourth-order valence-corrected chi connectivity index (χ4v) is 1.53. The number of aromatic hydroxyl groups is 1. The summed E-state index contributed by atoms with van der Waals surface area (Å²) >= 11 is 0. The summed E-state index contributed by atoms with van der Waals surface area (Å²) in [6.07, 6.45) is 0.735. The van der Waals surface area contributed by atoms with Crippen LogP contribution in [0, 0.1) is 0 Å². The third kappa shape index (κ3) is 4.45. The minimum atomic E-state index is -0.963. The Kier molecular flexibility index (Phi) is 5.17. The smallest absolute Gasteiger partial charge is 0.303 e. The molecule has 5 nitrogen and oxygen atoms in total. The van der Waals surface area contributed by atoms with Crippen LogP contribution in [0.4, 0.5) is 0 Å². The quantitative estimate of drug-likeness (QED) is 0.772. The largest absolute Gasteiger partial charge is 0.504 e. The van der Waals surface area contributed by atoms with Crippen LogP contribution < -0.4 is 4.74 Å². The zero-order valence-corrected chi connectivity index (χ0v) is 10.2. The summed E-state index contributed by atoms with van der Waals surface area (Å²) in [5, 5.41) is 17.9. The molecule has 1 aromatic carbocycles. The molecule has 1 aromatic rings. The Morgan fingerprint density at radius 3 is 2.56 bits per heavy atom. The summed E-state index contributed by atoms with van der Waals surface area (Å²) in [6, 6.07) is 4.89. The second kappa shape index (κ2) is 6.64. The lowest BCUT2D eigenvalue weighted by Crippen LogP contribution is -2.04. The number of carboxylic acid groups (broad SMARTS) is 1. The fourth-order valence-electron chi connectivity index (χ4n) is 1.53. The summed E-state index contributed by atoms with van der Waals surface area (Å²) in [7, 11) is 1.46. The van der Waals surface area contributed by atoms with Gasteiger partial charge in [0.05, 0.1) is 13.5 Å². The Morgan fingerprint density at radius 1 is 1.22 bits per heavy atom. The number of Topliss-reactive ketones (excluding diaryl/α,β-unsaturated/α-hetero) is 1. The second-order valence-corrected chi connectivity index (χ2v) is 3.94. The molecule has 0 radical (unpaired) electrons. The molecule has 0 aliphatic carbocycles. The number of hydrogen-bond donors (Lipinski definition) is 2. The molecule has 0 spiro atoms. The number of aliphatic carboxylic acids is 1. The Morgan fingerprint density at radius 2 is 1.94 bits per heavy atom. The van der Waals surface area contributed by atoms with Gasteiger partial charge in [-0.15, -0.1) is 0 Å². The Hall–Kier alpha value is -2.04. The molecular formula is C13H16O5. The normalized spacial score (nSPS) is 10.1. The maximum absolute atomic E-state index is 11.4. The van der Waals surface area contributed by atoms with E-state index in [1.807, 2.05) is 0 Å². The Labute approximate surface area is 105 Å². The SMILES string of the molecule is COc1cc(CCC(=O)CCC(=O)O)ccc1O. The molecule has 1 rings (SSSR count).